The molecule has 1 amide bonds. The zero-order valence-corrected chi connectivity index (χ0v) is 16.2. The summed E-state index contributed by atoms with van der Waals surface area (Å²) in [5.41, 5.74) is 1.57. The van der Waals surface area contributed by atoms with Crippen LogP contribution in [0.4, 0.5) is 0 Å². The van der Waals surface area contributed by atoms with E-state index in [1.54, 1.807) is 7.05 Å². The van der Waals surface area contributed by atoms with E-state index in [-0.39, 0.29) is 5.91 Å². The van der Waals surface area contributed by atoms with Crippen molar-refractivity contribution in [2.24, 2.45) is 0 Å². The maximum atomic E-state index is 12.1. The number of aromatic nitrogens is 1. The van der Waals surface area contributed by atoms with Gasteiger partial charge >= 0.3 is 0 Å². The van der Waals surface area contributed by atoms with E-state index in [0.717, 1.165) is 28.0 Å². The number of rotatable bonds is 6. The molecule has 2 aromatic rings. The van der Waals surface area contributed by atoms with Crippen molar-refractivity contribution >= 4 is 40.8 Å². The number of carbonyl (C=O) groups is 1. The lowest BCUT2D eigenvalue weighted by Crippen LogP contribution is -2.22. The Bertz CT molecular complexity index is 677. The predicted octanol–water partition coefficient (Wildman–Crippen LogP) is 4.08. The van der Waals surface area contributed by atoms with Gasteiger partial charge in [-0.15, -0.1) is 0 Å². The molecule has 0 atom stereocenters. The van der Waals surface area contributed by atoms with E-state index < -0.39 is 8.07 Å². The number of hydrogen-bond acceptors (Lipinski definition) is 2. The first-order valence-corrected chi connectivity index (χ1v) is 11.9. The summed E-state index contributed by atoms with van der Waals surface area (Å²) in [5, 5.41) is 3.72. The van der Waals surface area contributed by atoms with E-state index in [1.165, 1.54) is 0 Å². The second-order valence-electron chi connectivity index (χ2n) is 6.58. The fraction of sp³-hybridized carbons (Fsp3) is 0.438. The van der Waals surface area contributed by atoms with Gasteiger partial charge in [0, 0.05) is 37.8 Å². The molecule has 0 radical (unpaired) electrons. The molecule has 1 aromatic heterocycles. The molecular formula is C16H23BrN2O2Si. The summed E-state index contributed by atoms with van der Waals surface area (Å²) in [5.74, 6) is -0.0838. The molecule has 4 nitrogen and oxygen atoms in total. The van der Waals surface area contributed by atoms with Crippen LogP contribution in [0.3, 0.4) is 0 Å². The molecule has 22 heavy (non-hydrogen) atoms. The minimum absolute atomic E-state index is 0.0838. The first kappa shape index (κ1) is 17.2. The van der Waals surface area contributed by atoms with Crippen LogP contribution >= 0.6 is 15.9 Å². The van der Waals surface area contributed by atoms with Gasteiger partial charge in [0.25, 0.3) is 5.91 Å². The van der Waals surface area contributed by atoms with Crippen LogP contribution in [0, 0.1) is 0 Å². The summed E-state index contributed by atoms with van der Waals surface area (Å²) in [6, 6.07) is 6.88. The minimum Gasteiger partial charge on any atom is -0.361 e. The van der Waals surface area contributed by atoms with Gasteiger partial charge in [-0.2, -0.15) is 0 Å². The normalized spacial score (nSPS) is 11.9. The second-order valence-corrected chi connectivity index (χ2v) is 13.1. The van der Waals surface area contributed by atoms with E-state index in [2.05, 4.69) is 40.9 Å². The molecule has 2 rings (SSSR count). The number of halogens is 1. The molecule has 0 saturated carbocycles. The Morgan fingerprint density at radius 1 is 1.36 bits per heavy atom. The lowest BCUT2D eigenvalue weighted by atomic mass is 10.1. The average molecular weight is 383 g/mol. The van der Waals surface area contributed by atoms with Crippen LogP contribution in [0.2, 0.25) is 25.7 Å². The molecule has 120 valence electrons. The lowest BCUT2D eigenvalue weighted by molar-refractivity contribution is 0.0896. The number of hydrogen-bond donors (Lipinski definition) is 1. The van der Waals surface area contributed by atoms with Gasteiger partial charge in [0.1, 0.15) is 6.73 Å². The molecule has 1 aromatic carbocycles. The number of para-hydroxylation sites is 1. The Hall–Kier alpha value is -1.11. The van der Waals surface area contributed by atoms with Crippen molar-refractivity contribution in [3.05, 3.63) is 34.4 Å². The third kappa shape index (κ3) is 4.00. The molecule has 0 saturated heterocycles. The van der Waals surface area contributed by atoms with Crippen LogP contribution in [0.25, 0.3) is 10.9 Å². The van der Waals surface area contributed by atoms with Crippen LogP contribution in [-0.2, 0) is 11.5 Å². The molecule has 0 fully saturated rings. The molecule has 6 heteroatoms. The van der Waals surface area contributed by atoms with Crippen molar-refractivity contribution in [2.45, 2.75) is 32.4 Å². The SMILES string of the molecule is CNC(=O)c1cccc2c(Br)cn(COCC[Si](C)(C)C)c12. The van der Waals surface area contributed by atoms with Crippen LogP contribution in [-0.4, -0.2) is 32.2 Å². The summed E-state index contributed by atoms with van der Waals surface area (Å²) < 4.78 is 8.80. The molecule has 0 spiro atoms. The van der Waals surface area contributed by atoms with Crippen LogP contribution in [0.1, 0.15) is 10.4 Å². The van der Waals surface area contributed by atoms with Gasteiger partial charge in [-0.25, -0.2) is 0 Å². The van der Waals surface area contributed by atoms with Crippen molar-refractivity contribution in [2.75, 3.05) is 13.7 Å². The predicted molar refractivity (Wildman–Crippen MR) is 97.1 cm³/mol. The molecule has 0 aliphatic heterocycles. The Balaban J connectivity index is 2.24. The Labute approximate surface area is 141 Å². The fourth-order valence-corrected chi connectivity index (χ4v) is 3.60. The zero-order valence-electron chi connectivity index (χ0n) is 13.6. The molecule has 0 unspecified atom stereocenters. The van der Waals surface area contributed by atoms with E-state index in [1.807, 2.05) is 29.0 Å². The number of nitrogens with zero attached hydrogens (tertiary/aromatic N) is 1. The van der Waals surface area contributed by atoms with Gasteiger partial charge in [-0.3, -0.25) is 4.79 Å². The number of benzene rings is 1. The number of fused-ring (bicyclic) bond motifs is 1. The molecule has 0 bridgehead atoms. The highest BCUT2D eigenvalue weighted by atomic mass is 79.9. The van der Waals surface area contributed by atoms with E-state index in [4.69, 9.17) is 4.74 Å². The van der Waals surface area contributed by atoms with Crippen LogP contribution < -0.4 is 5.32 Å². The number of ether oxygens (including phenoxy) is 1. The van der Waals surface area contributed by atoms with Crippen LogP contribution in [0.5, 0.6) is 0 Å². The second kappa shape index (κ2) is 6.98. The summed E-state index contributed by atoms with van der Waals surface area (Å²) in [7, 11) is 0.561. The monoisotopic (exact) mass is 382 g/mol. The van der Waals surface area contributed by atoms with E-state index >= 15 is 0 Å². The molecule has 1 N–H and O–H groups in total. The number of carbonyl (C=O) groups excluding carboxylic acids is 1. The molecular weight excluding hydrogens is 360 g/mol. The Morgan fingerprint density at radius 2 is 2.09 bits per heavy atom. The Kier molecular flexibility index (Phi) is 5.47. The van der Waals surface area contributed by atoms with Gasteiger partial charge in [0.05, 0.1) is 11.1 Å². The van der Waals surface area contributed by atoms with E-state index in [0.29, 0.717) is 12.3 Å². The highest BCUT2D eigenvalue weighted by Gasteiger charge is 2.16. The van der Waals surface area contributed by atoms with Crippen molar-refractivity contribution < 1.29 is 9.53 Å². The molecule has 1 heterocycles. The summed E-state index contributed by atoms with van der Waals surface area (Å²) in [6.45, 7) is 8.22. The quantitative estimate of drug-likeness (QED) is 0.604. The standard InChI is InChI=1S/C16H23BrN2O2Si/c1-18-16(20)13-7-5-6-12-14(17)10-19(15(12)13)11-21-8-9-22(2,3)4/h5-7,10H,8-9,11H2,1-4H3,(H,18,20). The summed E-state index contributed by atoms with van der Waals surface area (Å²) in [4.78, 5) is 12.1. The largest absolute Gasteiger partial charge is 0.361 e. The average Bonchev–Trinajstić information content (AvgIpc) is 2.79. The third-order valence-electron chi connectivity index (χ3n) is 3.55. The van der Waals surface area contributed by atoms with Crippen molar-refractivity contribution in [1.29, 1.82) is 0 Å². The maximum Gasteiger partial charge on any atom is 0.253 e. The topological polar surface area (TPSA) is 43.3 Å². The first-order chi connectivity index (χ1) is 10.3. The highest BCUT2D eigenvalue weighted by Crippen LogP contribution is 2.29. The zero-order chi connectivity index (χ0) is 16.3. The maximum absolute atomic E-state index is 12.1. The summed E-state index contributed by atoms with van der Waals surface area (Å²) >= 11 is 3.56. The first-order valence-electron chi connectivity index (χ1n) is 7.40. The molecule has 0 aliphatic carbocycles. The third-order valence-corrected chi connectivity index (χ3v) is 5.88. The highest BCUT2D eigenvalue weighted by molar-refractivity contribution is 9.10. The number of amides is 1. The van der Waals surface area contributed by atoms with E-state index in [9.17, 15) is 4.79 Å². The van der Waals surface area contributed by atoms with Crippen molar-refractivity contribution in [3.8, 4) is 0 Å². The Morgan fingerprint density at radius 3 is 2.73 bits per heavy atom. The van der Waals surface area contributed by atoms with Crippen molar-refractivity contribution in [1.82, 2.24) is 9.88 Å². The number of nitrogens with one attached hydrogen (secondary N) is 1. The van der Waals surface area contributed by atoms with Gasteiger partial charge in [-0.05, 0) is 28.0 Å². The lowest BCUT2D eigenvalue weighted by Gasteiger charge is -2.16. The smallest absolute Gasteiger partial charge is 0.253 e. The van der Waals surface area contributed by atoms with Gasteiger partial charge in [-0.1, -0.05) is 31.8 Å². The fourth-order valence-electron chi connectivity index (χ4n) is 2.28. The van der Waals surface area contributed by atoms with Gasteiger partial charge in [0.2, 0.25) is 0 Å². The minimum atomic E-state index is -1.09. The van der Waals surface area contributed by atoms with Gasteiger partial charge < -0.3 is 14.6 Å². The molecule has 0 aliphatic rings. The summed E-state index contributed by atoms with van der Waals surface area (Å²) in [6.07, 6.45) is 1.98. The van der Waals surface area contributed by atoms with Crippen LogP contribution in [0.15, 0.2) is 28.9 Å². The van der Waals surface area contributed by atoms with Gasteiger partial charge in [0.15, 0.2) is 0 Å². The van der Waals surface area contributed by atoms with Crippen molar-refractivity contribution in [3.63, 3.8) is 0 Å².